The summed E-state index contributed by atoms with van der Waals surface area (Å²) in [6.07, 6.45) is 2.58. The quantitative estimate of drug-likeness (QED) is 0.695. The first-order chi connectivity index (χ1) is 5.91. The van der Waals surface area contributed by atoms with Crippen LogP contribution in [0.25, 0.3) is 0 Å². The fraction of sp³-hybridized carbons (Fsp3) is 1.00. The molecule has 1 aliphatic rings. The summed E-state index contributed by atoms with van der Waals surface area (Å²) in [5.41, 5.74) is 0. The van der Waals surface area contributed by atoms with E-state index in [0.29, 0.717) is 13.1 Å². The second kappa shape index (κ2) is 3.94. The molecule has 1 fully saturated rings. The van der Waals surface area contributed by atoms with Crippen molar-refractivity contribution in [3.8, 4) is 0 Å². The van der Waals surface area contributed by atoms with Crippen LogP contribution in [0.1, 0.15) is 19.8 Å². The highest BCUT2D eigenvalue weighted by Crippen LogP contribution is 2.21. The molecule has 0 saturated carbocycles. The third-order valence-electron chi connectivity index (χ3n) is 2.57. The Labute approximate surface area is 79.6 Å². The molecule has 0 amide bonds. The largest absolute Gasteiger partial charge is 0.393 e. The van der Waals surface area contributed by atoms with Gasteiger partial charge in [0.1, 0.15) is 0 Å². The zero-order valence-electron chi connectivity index (χ0n) is 8.10. The van der Waals surface area contributed by atoms with Gasteiger partial charge < -0.3 is 5.11 Å². The van der Waals surface area contributed by atoms with E-state index in [4.69, 9.17) is 0 Å². The van der Waals surface area contributed by atoms with Gasteiger partial charge in [0.05, 0.1) is 12.4 Å². The maximum Gasteiger partial charge on any atom is 0.211 e. The third kappa shape index (κ3) is 2.93. The topological polar surface area (TPSA) is 57.6 Å². The van der Waals surface area contributed by atoms with Gasteiger partial charge in [-0.1, -0.05) is 0 Å². The predicted octanol–water partition coefficient (Wildman–Crippen LogP) is 0.0388. The van der Waals surface area contributed by atoms with Gasteiger partial charge in [0.15, 0.2) is 0 Å². The summed E-state index contributed by atoms with van der Waals surface area (Å²) in [6, 6.07) is 0. The van der Waals surface area contributed by atoms with Crippen molar-refractivity contribution in [1.29, 1.82) is 0 Å². The molecule has 13 heavy (non-hydrogen) atoms. The molecule has 1 rings (SSSR count). The van der Waals surface area contributed by atoms with Gasteiger partial charge in [-0.3, -0.25) is 0 Å². The summed E-state index contributed by atoms with van der Waals surface area (Å²) in [5, 5.41) is 9.34. The van der Waals surface area contributed by atoms with Crippen molar-refractivity contribution in [2.75, 3.05) is 19.3 Å². The maximum atomic E-state index is 11.2. The van der Waals surface area contributed by atoms with Gasteiger partial charge in [0.2, 0.25) is 10.0 Å². The van der Waals surface area contributed by atoms with Crippen LogP contribution in [0.3, 0.4) is 0 Å². The molecule has 78 valence electrons. The predicted molar refractivity (Wildman–Crippen MR) is 50.8 cm³/mol. The fourth-order valence-electron chi connectivity index (χ4n) is 1.67. The van der Waals surface area contributed by atoms with E-state index in [0.717, 1.165) is 12.8 Å². The molecule has 1 saturated heterocycles. The normalized spacial score (nSPS) is 28.7. The second-order valence-corrected chi connectivity index (χ2v) is 5.75. The number of sulfonamides is 1. The van der Waals surface area contributed by atoms with Gasteiger partial charge in [0, 0.05) is 13.1 Å². The SMILES string of the molecule is CC(O)C1CCCN(S(C)(=O)=O)C1. The maximum absolute atomic E-state index is 11.2. The highest BCUT2D eigenvalue weighted by molar-refractivity contribution is 7.88. The molecule has 0 radical (unpaired) electrons. The van der Waals surface area contributed by atoms with Crippen LogP contribution in [0.4, 0.5) is 0 Å². The zero-order valence-corrected chi connectivity index (χ0v) is 8.92. The van der Waals surface area contributed by atoms with Crippen LogP contribution in [-0.4, -0.2) is 43.3 Å². The average molecular weight is 207 g/mol. The van der Waals surface area contributed by atoms with E-state index in [1.165, 1.54) is 10.6 Å². The van der Waals surface area contributed by atoms with Crippen molar-refractivity contribution in [3.63, 3.8) is 0 Å². The molecule has 0 bridgehead atoms. The molecule has 1 N–H and O–H groups in total. The lowest BCUT2D eigenvalue weighted by Crippen LogP contribution is -2.42. The first-order valence-corrected chi connectivity index (χ1v) is 6.39. The Hall–Kier alpha value is -0.130. The summed E-state index contributed by atoms with van der Waals surface area (Å²) in [7, 11) is -3.07. The number of nitrogens with zero attached hydrogens (tertiary/aromatic N) is 1. The highest BCUT2D eigenvalue weighted by Gasteiger charge is 2.27. The van der Waals surface area contributed by atoms with E-state index >= 15 is 0 Å². The zero-order chi connectivity index (χ0) is 10.1. The molecule has 1 aliphatic heterocycles. The molecule has 2 atom stereocenters. The Morgan fingerprint density at radius 1 is 1.54 bits per heavy atom. The van der Waals surface area contributed by atoms with E-state index < -0.39 is 16.1 Å². The molecular formula is C8H17NO3S. The van der Waals surface area contributed by atoms with Gasteiger partial charge in [-0.15, -0.1) is 0 Å². The minimum absolute atomic E-state index is 0.100. The van der Waals surface area contributed by atoms with E-state index in [9.17, 15) is 13.5 Å². The van der Waals surface area contributed by atoms with Crippen molar-refractivity contribution in [2.45, 2.75) is 25.9 Å². The van der Waals surface area contributed by atoms with Crippen LogP contribution in [0.2, 0.25) is 0 Å². The first-order valence-electron chi connectivity index (χ1n) is 4.54. The van der Waals surface area contributed by atoms with Gasteiger partial charge in [-0.2, -0.15) is 0 Å². The van der Waals surface area contributed by atoms with Gasteiger partial charge in [0.25, 0.3) is 0 Å². The molecule has 0 aromatic carbocycles. The lowest BCUT2D eigenvalue weighted by Gasteiger charge is -2.32. The van der Waals surface area contributed by atoms with E-state index in [-0.39, 0.29) is 5.92 Å². The second-order valence-electron chi connectivity index (χ2n) is 3.76. The molecule has 0 spiro atoms. The molecule has 5 heteroatoms. The van der Waals surface area contributed by atoms with Crippen LogP contribution < -0.4 is 0 Å². The molecular weight excluding hydrogens is 190 g/mol. The minimum atomic E-state index is -3.07. The number of aliphatic hydroxyl groups excluding tert-OH is 1. The Morgan fingerprint density at radius 2 is 2.15 bits per heavy atom. The number of rotatable bonds is 2. The Kier molecular flexibility index (Phi) is 3.32. The number of hydrogen-bond acceptors (Lipinski definition) is 3. The molecule has 0 aromatic heterocycles. The molecule has 4 nitrogen and oxygen atoms in total. The lowest BCUT2D eigenvalue weighted by molar-refractivity contribution is 0.0887. The van der Waals surface area contributed by atoms with E-state index in [1.807, 2.05) is 0 Å². The Morgan fingerprint density at radius 3 is 2.62 bits per heavy atom. The summed E-state index contributed by atoms with van der Waals surface area (Å²) >= 11 is 0. The van der Waals surface area contributed by atoms with E-state index in [1.54, 1.807) is 6.92 Å². The molecule has 1 heterocycles. The van der Waals surface area contributed by atoms with Gasteiger partial charge >= 0.3 is 0 Å². The van der Waals surface area contributed by atoms with Crippen molar-refractivity contribution < 1.29 is 13.5 Å². The van der Waals surface area contributed by atoms with Crippen molar-refractivity contribution in [1.82, 2.24) is 4.31 Å². The third-order valence-corrected chi connectivity index (χ3v) is 3.84. The van der Waals surface area contributed by atoms with Gasteiger partial charge in [-0.25, -0.2) is 12.7 Å². The van der Waals surface area contributed by atoms with Crippen LogP contribution in [0, 0.1) is 5.92 Å². The lowest BCUT2D eigenvalue weighted by atomic mass is 9.95. The fourth-order valence-corrected chi connectivity index (χ4v) is 2.59. The van der Waals surface area contributed by atoms with Crippen LogP contribution in [0.5, 0.6) is 0 Å². The summed E-state index contributed by atoms with van der Waals surface area (Å²) in [6.45, 7) is 2.79. The molecule has 0 aliphatic carbocycles. The Balaban J connectivity index is 2.62. The van der Waals surface area contributed by atoms with Crippen LogP contribution in [0.15, 0.2) is 0 Å². The standard InChI is InChI=1S/C8H17NO3S/c1-7(10)8-4-3-5-9(6-8)13(2,11)12/h7-8,10H,3-6H2,1-2H3. The summed E-state index contributed by atoms with van der Waals surface area (Å²) in [5.74, 6) is 0.100. The number of piperidine rings is 1. The highest BCUT2D eigenvalue weighted by atomic mass is 32.2. The Bertz CT molecular complexity index is 261. The van der Waals surface area contributed by atoms with Crippen molar-refractivity contribution >= 4 is 10.0 Å². The van der Waals surface area contributed by atoms with Crippen LogP contribution >= 0.6 is 0 Å². The number of aliphatic hydroxyl groups is 1. The number of hydrogen-bond donors (Lipinski definition) is 1. The van der Waals surface area contributed by atoms with Gasteiger partial charge in [-0.05, 0) is 25.7 Å². The first kappa shape index (κ1) is 10.9. The van der Waals surface area contributed by atoms with Crippen molar-refractivity contribution in [2.24, 2.45) is 5.92 Å². The molecule has 2 unspecified atom stereocenters. The van der Waals surface area contributed by atoms with Crippen LogP contribution in [-0.2, 0) is 10.0 Å². The molecule has 0 aromatic rings. The minimum Gasteiger partial charge on any atom is -0.393 e. The smallest absolute Gasteiger partial charge is 0.211 e. The monoisotopic (exact) mass is 207 g/mol. The van der Waals surface area contributed by atoms with E-state index in [2.05, 4.69) is 0 Å². The summed E-state index contributed by atoms with van der Waals surface area (Å²) in [4.78, 5) is 0. The van der Waals surface area contributed by atoms with Crippen molar-refractivity contribution in [3.05, 3.63) is 0 Å². The summed E-state index contributed by atoms with van der Waals surface area (Å²) < 4.78 is 23.8. The average Bonchev–Trinajstić information content (AvgIpc) is 2.03.